The van der Waals surface area contributed by atoms with Crippen LogP contribution in [0.1, 0.15) is 23.1 Å². The van der Waals surface area contributed by atoms with E-state index in [2.05, 4.69) is 20.5 Å². The number of hydrogen-bond donors (Lipinski definition) is 2. The van der Waals surface area contributed by atoms with E-state index in [9.17, 15) is 4.79 Å². The van der Waals surface area contributed by atoms with Gasteiger partial charge in [-0.2, -0.15) is 4.98 Å². The number of thioether (sulfide) groups is 1. The van der Waals surface area contributed by atoms with Crippen molar-refractivity contribution in [3.8, 4) is 0 Å². The fraction of sp³-hybridized carbons (Fsp3) is 0.250. The van der Waals surface area contributed by atoms with Crippen LogP contribution in [0.15, 0.2) is 23.1 Å². The Morgan fingerprint density at radius 3 is 2.95 bits per heavy atom. The molecule has 7 heteroatoms. The molecule has 0 saturated heterocycles. The summed E-state index contributed by atoms with van der Waals surface area (Å²) in [5, 5.41) is 9.71. The second kappa shape index (κ2) is 6.08. The van der Waals surface area contributed by atoms with Crippen LogP contribution >= 0.6 is 23.4 Å². The molecule has 0 saturated carbocycles. The Morgan fingerprint density at radius 1 is 1.53 bits per heavy atom. The molecule has 100 valence electrons. The lowest BCUT2D eigenvalue weighted by molar-refractivity contribution is 0.102. The molecule has 0 radical (unpaired) electrons. The van der Waals surface area contributed by atoms with Gasteiger partial charge in [-0.05, 0) is 30.9 Å². The highest BCUT2D eigenvalue weighted by Crippen LogP contribution is 2.26. The number of halogens is 1. The Bertz CT molecular complexity index is 599. The van der Waals surface area contributed by atoms with Crippen molar-refractivity contribution >= 4 is 35.2 Å². The third-order valence-electron chi connectivity index (χ3n) is 2.31. The van der Waals surface area contributed by atoms with E-state index in [1.165, 1.54) is 0 Å². The summed E-state index contributed by atoms with van der Waals surface area (Å²) in [6, 6.07) is 5.26. The maximum atomic E-state index is 12.2. The van der Waals surface area contributed by atoms with Crippen LogP contribution in [-0.2, 0) is 0 Å². The van der Waals surface area contributed by atoms with Gasteiger partial charge >= 0.3 is 0 Å². The molecule has 0 bridgehead atoms. The van der Waals surface area contributed by atoms with Crippen LogP contribution in [0.4, 0.5) is 5.95 Å². The van der Waals surface area contributed by atoms with Crippen LogP contribution in [0.3, 0.4) is 0 Å². The second-order valence-corrected chi connectivity index (χ2v) is 5.51. The summed E-state index contributed by atoms with van der Waals surface area (Å²) in [6.07, 6.45) is 0. The molecule has 1 aromatic heterocycles. The van der Waals surface area contributed by atoms with Gasteiger partial charge in [0, 0.05) is 9.92 Å². The Morgan fingerprint density at radius 2 is 2.32 bits per heavy atom. The van der Waals surface area contributed by atoms with Gasteiger partial charge in [-0.15, -0.1) is 16.9 Å². The number of benzene rings is 1. The average molecular weight is 297 g/mol. The Hall–Kier alpha value is -1.53. The van der Waals surface area contributed by atoms with E-state index < -0.39 is 0 Å². The first kappa shape index (κ1) is 13.9. The molecule has 0 spiro atoms. The van der Waals surface area contributed by atoms with Crippen molar-refractivity contribution in [2.45, 2.75) is 18.7 Å². The van der Waals surface area contributed by atoms with Crippen molar-refractivity contribution in [3.63, 3.8) is 0 Å². The van der Waals surface area contributed by atoms with Crippen molar-refractivity contribution in [2.75, 3.05) is 11.1 Å². The molecule has 0 aliphatic heterocycles. The van der Waals surface area contributed by atoms with Crippen molar-refractivity contribution in [2.24, 2.45) is 0 Å². The largest absolute Gasteiger partial charge is 0.289 e. The molecule has 0 aliphatic carbocycles. The minimum atomic E-state index is -0.266. The number of carbonyl (C=O) groups excluding carboxylic acids is 1. The zero-order valence-corrected chi connectivity index (χ0v) is 12.1. The molecule has 2 rings (SSSR count). The molecule has 0 fully saturated rings. The molecule has 2 aromatic rings. The van der Waals surface area contributed by atoms with Crippen LogP contribution in [0, 0.1) is 6.92 Å². The molecule has 2 N–H and O–H groups in total. The van der Waals surface area contributed by atoms with Gasteiger partial charge in [-0.25, -0.2) is 0 Å². The first-order chi connectivity index (χ1) is 9.10. The zero-order valence-electron chi connectivity index (χ0n) is 10.5. The molecule has 1 amide bonds. The van der Waals surface area contributed by atoms with E-state index in [-0.39, 0.29) is 11.9 Å². The topological polar surface area (TPSA) is 70.7 Å². The minimum absolute atomic E-state index is 0.259. The lowest BCUT2D eigenvalue weighted by Gasteiger charge is -2.07. The fourth-order valence-corrected chi connectivity index (χ4v) is 2.48. The number of aromatic nitrogens is 3. The van der Waals surface area contributed by atoms with Crippen molar-refractivity contribution in [1.82, 2.24) is 15.2 Å². The normalized spacial score (nSPS) is 10.5. The number of amides is 1. The molecule has 5 nitrogen and oxygen atoms in total. The summed E-state index contributed by atoms with van der Waals surface area (Å²) in [5.74, 6) is 1.51. The Balaban J connectivity index is 2.24. The molecule has 1 aromatic carbocycles. The molecular weight excluding hydrogens is 284 g/mol. The predicted octanol–water partition coefficient (Wildman–Crippen LogP) is 3.13. The molecular formula is C12H13ClN4OS. The van der Waals surface area contributed by atoms with Crippen molar-refractivity contribution in [3.05, 3.63) is 34.6 Å². The van der Waals surface area contributed by atoms with E-state index in [4.69, 9.17) is 11.6 Å². The SMILES string of the molecule is CCSc1ccc(Cl)cc1C(=O)Nc1n[nH]c(C)n1. The predicted molar refractivity (Wildman–Crippen MR) is 76.9 cm³/mol. The maximum absolute atomic E-state index is 12.2. The maximum Gasteiger partial charge on any atom is 0.259 e. The van der Waals surface area contributed by atoms with Crippen molar-refractivity contribution in [1.29, 1.82) is 0 Å². The van der Waals surface area contributed by atoms with Crippen LogP contribution in [-0.4, -0.2) is 26.8 Å². The lowest BCUT2D eigenvalue weighted by Crippen LogP contribution is -2.14. The van der Waals surface area contributed by atoms with Gasteiger partial charge < -0.3 is 0 Å². The number of H-pyrrole nitrogens is 1. The van der Waals surface area contributed by atoms with E-state index in [0.29, 0.717) is 16.4 Å². The quantitative estimate of drug-likeness (QED) is 0.850. The first-order valence-corrected chi connectivity index (χ1v) is 7.09. The summed E-state index contributed by atoms with van der Waals surface area (Å²) in [4.78, 5) is 17.1. The Kier molecular flexibility index (Phi) is 4.44. The van der Waals surface area contributed by atoms with Gasteiger partial charge in [-0.1, -0.05) is 18.5 Å². The van der Waals surface area contributed by atoms with Crippen LogP contribution in [0.25, 0.3) is 0 Å². The monoisotopic (exact) mass is 296 g/mol. The minimum Gasteiger partial charge on any atom is -0.289 e. The number of aryl methyl sites for hydroxylation is 1. The summed E-state index contributed by atoms with van der Waals surface area (Å²) in [7, 11) is 0. The highest BCUT2D eigenvalue weighted by molar-refractivity contribution is 7.99. The standard InChI is InChI=1S/C12H13ClN4OS/c1-3-19-10-5-4-8(13)6-9(10)11(18)15-12-14-7(2)16-17-12/h4-6H,3H2,1-2H3,(H2,14,15,16,17,18). The molecule has 19 heavy (non-hydrogen) atoms. The highest BCUT2D eigenvalue weighted by atomic mass is 35.5. The van der Waals surface area contributed by atoms with Gasteiger partial charge in [0.1, 0.15) is 5.82 Å². The van der Waals surface area contributed by atoms with E-state index in [1.54, 1.807) is 30.8 Å². The van der Waals surface area contributed by atoms with Gasteiger partial charge in [0.05, 0.1) is 5.56 Å². The first-order valence-electron chi connectivity index (χ1n) is 5.73. The van der Waals surface area contributed by atoms with E-state index >= 15 is 0 Å². The number of rotatable bonds is 4. The molecule has 0 unspecified atom stereocenters. The number of aromatic amines is 1. The average Bonchev–Trinajstić information content (AvgIpc) is 2.77. The number of nitrogens with one attached hydrogen (secondary N) is 2. The fourth-order valence-electron chi connectivity index (χ4n) is 1.53. The van der Waals surface area contributed by atoms with Crippen LogP contribution in [0.2, 0.25) is 5.02 Å². The Labute approximate surface area is 120 Å². The number of carbonyl (C=O) groups is 1. The van der Waals surface area contributed by atoms with Gasteiger partial charge in [0.25, 0.3) is 5.91 Å². The van der Waals surface area contributed by atoms with Gasteiger partial charge in [0.2, 0.25) is 5.95 Å². The third-order valence-corrected chi connectivity index (χ3v) is 3.50. The highest BCUT2D eigenvalue weighted by Gasteiger charge is 2.14. The van der Waals surface area contributed by atoms with E-state index in [0.717, 1.165) is 10.6 Å². The second-order valence-electron chi connectivity index (χ2n) is 3.77. The van der Waals surface area contributed by atoms with E-state index in [1.807, 2.05) is 13.0 Å². The summed E-state index contributed by atoms with van der Waals surface area (Å²) in [6.45, 7) is 3.79. The zero-order chi connectivity index (χ0) is 13.8. The molecule has 1 heterocycles. The summed E-state index contributed by atoms with van der Waals surface area (Å²) < 4.78 is 0. The molecule has 0 atom stereocenters. The molecule has 0 aliphatic rings. The van der Waals surface area contributed by atoms with Crippen LogP contribution in [0.5, 0.6) is 0 Å². The summed E-state index contributed by atoms with van der Waals surface area (Å²) in [5.41, 5.74) is 0.529. The van der Waals surface area contributed by atoms with Crippen LogP contribution < -0.4 is 5.32 Å². The van der Waals surface area contributed by atoms with Crippen molar-refractivity contribution < 1.29 is 4.79 Å². The number of nitrogens with zero attached hydrogens (tertiary/aromatic N) is 2. The number of anilines is 1. The van der Waals surface area contributed by atoms with Gasteiger partial charge in [-0.3, -0.25) is 15.2 Å². The third kappa shape index (κ3) is 3.48. The number of hydrogen-bond acceptors (Lipinski definition) is 4. The summed E-state index contributed by atoms with van der Waals surface area (Å²) >= 11 is 7.53. The lowest BCUT2D eigenvalue weighted by atomic mass is 10.2. The smallest absolute Gasteiger partial charge is 0.259 e. The van der Waals surface area contributed by atoms with Gasteiger partial charge in [0.15, 0.2) is 0 Å².